The lowest BCUT2D eigenvalue weighted by molar-refractivity contribution is -0.284. The van der Waals surface area contributed by atoms with E-state index in [9.17, 15) is 15.3 Å². The Morgan fingerprint density at radius 3 is 2.40 bits per heavy atom. The Balaban J connectivity index is 2.68. The molecule has 0 radical (unpaired) electrons. The number of hydrogen-bond acceptors (Lipinski definition) is 6. The summed E-state index contributed by atoms with van der Waals surface area (Å²) < 4.78 is 9.78. The first-order chi connectivity index (χ1) is 7.11. The zero-order valence-electron chi connectivity index (χ0n) is 8.20. The summed E-state index contributed by atoms with van der Waals surface area (Å²) in [7, 11) is 0. The normalized spacial score (nSPS) is 40.5. The van der Waals surface area contributed by atoms with Crippen LogP contribution in [0.25, 0.3) is 0 Å². The fraction of sp³-hybridized carbons (Fsp3) is 0.778. The Hall–Kier alpha value is -0.840. The van der Waals surface area contributed by atoms with E-state index in [0.29, 0.717) is 0 Å². The molecular formula is C9H14O6. The minimum Gasteiger partial charge on any atom is -0.411 e. The van der Waals surface area contributed by atoms with Crippen molar-refractivity contribution in [2.75, 3.05) is 6.61 Å². The van der Waals surface area contributed by atoms with Crippen LogP contribution in [0, 0.1) is 12.0 Å². The fourth-order valence-electron chi connectivity index (χ4n) is 1.28. The van der Waals surface area contributed by atoms with Crippen LogP contribution in [0.1, 0.15) is 6.92 Å². The molecule has 1 aliphatic rings. The third-order valence-corrected chi connectivity index (χ3v) is 2.13. The monoisotopic (exact) mass is 218 g/mol. The Morgan fingerprint density at radius 1 is 1.20 bits per heavy atom. The average molecular weight is 218 g/mol. The first-order valence-electron chi connectivity index (χ1n) is 4.49. The Labute approximate surface area is 87.1 Å². The van der Waals surface area contributed by atoms with E-state index >= 15 is 0 Å². The van der Waals surface area contributed by atoms with E-state index in [1.807, 2.05) is 0 Å². The van der Waals surface area contributed by atoms with E-state index in [0.717, 1.165) is 0 Å². The fourth-order valence-corrected chi connectivity index (χ4v) is 1.28. The highest BCUT2D eigenvalue weighted by atomic mass is 16.7. The quantitative estimate of drug-likeness (QED) is 0.392. The first kappa shape index (κ1) is 12.2. The molecule has 15 heavy (non-hydrogen) atoms. The van der Waals surface area contributed by atoms with Crippen molar-refractivity contribution < 1.29 is 29.9 Å². The van der Waals surface area contributed by atoms with Gasteiger partial charge in [-0.1, -0.05) is 5.92 Å². The maximum atomic E-state index is 9.44. The van der Waals surface area contributed by atoms with Crippen molar-refractivity contribution in [2.45, 2.75) is 37.6 Å². The molecule has 1 aliphatic heterocycles. The zero-order chi connectivity index (χ0) is 11.4. The SMILES string of the molecule is CC#COC1O[C@H](CO)[C@@H](O)[C@H](O)[C@H]1O. The second-order valence-electron chi connectivity index (χ2n) is 3.17. The second kappa shape index (κ2) is 5.30. The second-order valence-corrected chi connectivity index (χ2v) is 3.17. The molecule has 0 amide bonds. The first-order valence-corrected chi connectivity index (χ1v) is 4.49. The van der Waals surface area contributed by atoms with Crippen molar-refractivity contribution in [1.82, 2.24) is 0 Å². The number of ether oxygens (including phenoxy) is 2. The van der Waals surface area contributed by atoms with Crippen LogP contribution in [0.3, 0.4) is 0 Å². The van der Waals surface area contributed by atoms with Crippen LogP contribution in [-0.4, -0.2) is 57.7 Å². The molecule has 5 atom stereocenters. The number of rotatable bonds is 2. The lowest BCUT2D eigenvalue weighted by atomic mass is 9.99. The van der Waals surface area contributed by atoms with Gasteiger partial charge in [-0.25, -0.2) is 0 Å². The maximum absolute atomic E-state index is 9.44. The van der Waals surface area contributed by atoms with Crippen molar-refractivity contribution in [3.05, 3.63) is 0 Å². The molecule has 0 aromatic carbocycles. The predicted molar refractivity (Wildman–Crippen MR) is 48.3 cm³/mol. The number of hydrogen-bond donors (Lipinski definition) is 4. The van der Waals surface area contributed by atoms with Crippen LogP contribution in [0.15, 0.2) is 0 Å². The number of aliphatic hydroxyl groups is 4. The third-order valence-electron chi connectivity index (χ3n) is 2.13. The summed E-state index contributed by atoms with van der Waals surface area (Å²) >= 11 is 0. The third kappa shape index (κ3) is 2.59. The molecule has 1 unspecified atom stereocenters. The summed E-state index contributed by atoms with van der Waals surface area (Å²) in [4.78, 5) is 0. The van der Waals surface area contributed by atoms with Gasteiger partial charge in [0.15, 0.2) is 0 Å². The maximum Gasteiger partial charge on any atom is 0.239 e. The molecule has 1 saturated heterocycles. The standard InChI is InChI=1S/C9H14O6/c1-2-3-14-9-8(13)7(12)6(11)5(4-10)15-9/h5-13H,4H2,1H3/t5-,6-,7+,8-,9?/m1/s1. The highest BCUT2D eigenvalue weighted by Crippen LogP contribution is 2.21. The molecule has 0 saturated carbocycles. The van der Waals surface area contributed by atoms with Gasteiger partial charge in [-0.2, -0.15) is 0 Å². The van der Waals surface area contributed by atoms with Gasteiger partial charge >= 0.3 is 0 Å². The van der Waals surface area contributed by atoms with Gasteiger partial charge in [0.25, 0.3) is 0 Å². The molecule has 4 N–H and O–H groups in total. The van der Waals surface area contributed by atoms with Gasteiger partial charge in [-0.05, 0) is 0 Å². The van der Waals surface area contributed by atoms with E-state index in [1.54, 1.807) is 0 Å². The molecule has 0 aliphatic carbocycles. The minimum atomic E-state index is -1.43. The molecule has 86 valence electrons. The minimum absolute atomic E-state index is 0.482. The van der Waals surface area contributed by atoms with Gasteiger partial charge in [-0.3, -0.25) is 0 Å². The smallest absolute Gasteiger partial charge is 0.239 e. The van der Waals surface area contributed by atoms with Crippen molar-refractivity contribution in [2.24, 2.45) is 0 Å². The zero-order valence-corrected chi connectivity index (χ0v) is 8.20. The molecule has 0 bridgehead atoms. The topological polar surface area (TPSA) is 99.4 Å². The molecule has 0 spiro atoms. The van der Waals surface area contributed by atoms with E-state index < -0.39 is 37.3 Å². The van der Waals surface area contributed by atoms with Crippen molar-refractivity contribution in [3.63, 3.8) is 0 Å². The number of aliphatic hydroxyl groups excluding tert-OH is 4. The molecule has 1 heterocycles. The highest BCUT2D eigenvalue weighted by molar-refractivity contribution is 4.92. The van der Waals surface area contributed by atoms with Crippen LogP contribution in [-0.2, 0) is 9.47 Å². The van der Waals surface area contributed by atoms with E-state index in [1.165, 1.54) is 6.92 Å². The average Bonchev–Trinajstić information content (AvgIpc) is 2.25. The van der Waals surface area contributed by atoms with Crippen LogP contribution in [0.4, 0.5) is 0 Å². The van der Waals surface area contributed by atoms with Crippen molar-refractivity contribution >= 4 is 0 Å². The van der Waals surface area contributed by atoms with Crippen molar-refractivity contribution in [1.29, 1.82) is 0 Å². The van der Waals surface area contributed by atoms with Crippen LogP contribution >= 0.6 is 0 Å². The van der Waals surface area contributed by atoms with Crippen molar-refractivity contribution in [3.8, 4) is 12.0 Å². The molecule has 0 aromatic heterocycles. The van der Waals surface area contributed by atoms with Gasteiger partial charge in [0, 0.05) is 6.92 Å². The van der Waals surface area contributed by atoms with E-state index in [2.05, 4.69) is 12.0 Å². The van der Waals surface area contributed by atoms with Gasteiger partial charge < -0.3 is 29.9 Å². The van der Waals surface area contributed by atoms with Gasteiger partial charge in [-0.15, -0.1) is 0 Å². The Kier molecular flexibility index (Phi) is 4.32. The summed E-state index contributed by atoms with van der Waals surface area (Å²) in [6.45, 7) is 1.05. The molecule has 1 rings (SSSR count). The van der Waals surface area contributed by atoms with E-state index in [4.69, 9.17) is 14.6 Å². The largest absolute Gasteiger partial charge is 0.411 e. The van der Waals surface area contributed by atoms with E-state index in [-0.39, 0.29) is 0 Å². The molecular weight excluding hydrogens is 204 g/mol. The lowest BCUT2D eigenvalue weighted by Gasteiger charge is -2.38. The predicted octanol–water partition coefficient (Wildman–Crippen LogP) is -2.22. The van der Waals surface area contributed by atoms with Crippen LogP contribution < -0.4 is 0 Å². The molecule has 6 nitrogen and oxygen atoms in total. The molecule has 0 aromatic rings. The van der Waals surface area contributed by atoms with Gasteiger partial charge in [0.05, 0.1) is 6.61 Å². The summed E-state index contributed by atoms with van der Waals surface area (Å²) in [5.74, 6) is 2.42. The Bertz CT molecular complexity index is 255. The molecule has 1 fully saturated rings. The highest BCUT2D eigenvalue weighted by Gasteiger charge is 2.44. The van der Waals surface area contributed by atoms with Gasteiger partial charge in [0.2, 0.25) is 6.29 Å². The van der Waals surface area contributed by atoms with Gasteiger partial charge in [0.1, 0.15) is 30.5 Å². The summed E-state index contributed by atoms with van der Waals surface area (Å²) in [6, 6.07) is 0. The molecule has 6 heteroatoms. The van der Waals surface area contributed by atoms with Crippen LogP contribution in [0.5, 0.6) is 0 Å². The lowest BCUT2D eigenvalue weighted by Crippen LogP contribution is -2.58. The summed E-state index contributed by atoms with van der Waals surface area (Å²) in [5, 5.41) is 37.0. The summed E-state index contributed by atoms with van der Waals surface area (Å²) in [5.41, 5.74) is 0. The summed E-state index contributed by atoms with van der Waals surface area (Å²) in [6.07, 6.45) is -4.13. The van der Waals surface area contributed by atoms with Crippen LogP contribution in [0.2, 0.25) is 0 Å². The Morgan fingerprint density at radius 2 is 1.87 bits per heavy atom.